The van der Waals surface area contributed by atoms with E-state index in [1.54, 1.807) is 27.1 Å². The first-order valence-electron chi connectivity index (χ1n) is 5.00. The lowest BCUT2D eigenvalue weighted by atomic mass is 10.4. The summed E-state index contributed by atoms with van der Waals surface area (Å²) in [6.45, 7) is 2.31. The Balaban J connectivity index is 2.53. The third-order valence-electron chi connectivity index (χ3n) is 1.96. The number of aromatic nitrogens is 2. The van der Waals surface area contributed by atoms with Gasteiger partial charge in [0.15, 0.2) is 0 Å². The number of ether oxygens (including phenoxy) is 1. The van der Waals surface area contributed by atoms with Gasteiger partial charge in [-0.1, -0.05) is 0 Å². The molecule has 88 valence electrons. The molecule has 0 saturated carbocycles. The minimum Gasteiger partial charge on any atom is -0.481 e. The van der Waals surface area contributed by atoms with E-state index in [2.05, 4.69) is 20.6 Å². The zero-order valence-corrected chi connectivity index (χ0v) is 9.70. The second-order valence-electron chi connectivity index (χ2n) is 3.19. The van der Waals surface area contributed by atoms with Gasteiger partial charge in [0.1, 0.15) is 11.6 Å². The van der Waals surface area contributed by atoms with E-state index in [9.17, 15) is 4.79 Å². The Kier molecular flexibility index (Phi) is 4.50. The Morgan fingerprint density at radius 3 is 2.88 bits per heavy atom. The Morgan fingerprint density at radius 1 is 1.50 bits per heavy atom. The van der Waals surface area contributed by atoms with Gasteiger partial charge < -0.3 is 15.4 Å². The van der Waals surface area contributed by atoms with Crippen LogP contribution in [0.15, 0.2) is 6.07 Å². The fourth-order valence-corrected chi connectivity index (χ4v) is 1.16. The molecule has 1 heterocycles. The summed E-state index contributed by atoms with van der Waals surface area (Å²) in [6, 6.07) is 1.69. The highest BCUT2D eigenvalue weighted by Gasteiger charge is 2.02. The highest BCUT2D eigenvalue weighted by atomic mass is 16.5. The molecule has 6 nitrogen and oxygen atoms in total. The summed E-state index contributed by atoms with van der Waals surface area (Å²) >= 11 is 0. The monoisotopic (exact) mass is 224 g/mol. The van der Waals surface area contributed by atoms with Gasteiger partial charge in [-0.2, -0.15) is 4.98 Å². The molecule has 6 heteroatoms. The number of hydrogen-bond acceptors (Lipinski definition) is 5. The number of aryl methyl sites for hydroxylation is 1. The topological polar surface area (TPSA) is 76.1 Å². The highest BCUT2D eigenvalue weighted by Crippen LogP contribution is 2.12. The Bertz CT molecular complexity index is 368. The lowest BCUT2D eigenvalue weighted by molar-refractivity contribution is -0.120. The van der Waals surface area contributed by atoms with Crippen molar-refractivity contribution in [1.29, 1.82) is 0 Å². The third-order valence-corrected chi connectivity index (χ3v) is 1.96. The molecule has 1 aromatic heterocycles. The van der Waals surface area contributed by atoms with E-state index < -0.39 is 0 Å². The predicted molar refractivity (Wildman–Crippen MR) is 60.5 cm³/mol. The number of hydrogen-bond donors (Lipinski definition) is 2. The van der Waals surface area contributed by atoms with Gasteiger partial charge in [-0.15, -0.1) is 0 Å². The van der Waals surface area contributed by atoms with Crippen molar-refractivity contribution >= 4 is 11.7 Å². The van der Waals surface area contributed by atoms with Crippen molar-refractivity contribution in [3.8, 4) is 5.88 Å². The van der Waals surface area contributed by atoms with Crippen molar-refractivity contribution in [3.05, 3.63) is 11.9 Å². The summed E-state index contributed by atoms with van der Waals surface area (Å²) in [4.78, 5) is 19.2. The maximum atomic E-state index is 11.0. The van der Waals surface area contributed by atoms with Crippen LogP contribution in [-0.4, -0.2) is 36.6 Å². The largest absolute Gasteiger partial charge is 0.481 e. The van der Waals surface area contributed by atoms with Gasteiger partial charge in [-0.25, -0.2) is 4.98 Å². The van der Waals surface area contributed by atoms with Gasteiger partial charge in [-0.3, -0.25) is 4.79 Å². The smallest absolute Gasteiger partial charge is 0.221 e. The highest BCUT2D eigenvalue weighted by molar-refractivity contribution is 5.76. The van der Waals surface area contributed by atoms with Gasteiger partial charge >= 0.3 is 0 Å². The lowest BCUT2D eigenvalue weighted by Crippen LogP contribution is -2.21. The second kappa shape index (κ2) is 5.89. The molecule has 0 radical (unpaired) electrons. The summed E-state index contributed by atoms with van der Waals surface area (Å²) < 4.78 is 5.01. The van der Waals surface area contributed by atoms with Crippen molar-refractivity contribution in [2.24, 2.45) is 0 Å². The van der Waals surface area contributed by atoms with Crippen LogP contribution in [0.25, 0.3) is 0 Å². The summed E-state index contributed by atoms with van der Waals surface area (Å²) in [6.07, 6.45) is 0.405. The third kappa shape index (κ3) is 3.72. The van der Waals surface area contributed by atoms with Crippen LogP contribution in [0.1, 0.15) is 12.2 Å². The maximum absolute atomic E-state index is 11.0. The molecule has 0 saturated heterocycles. The zero-order valence-electron chi connectivity index (χ0n) is 9.70. The second-order valence-corrected chi connectivity index (χ2v) is 3.19. The van der Waals surface area contributed by atoms with E-state index in [-0.39, 0.29) is 5.91 Å². The van der Waals surface area contributed by atoms with Gasteiger partial charge in [-0.05, 0) is 6.92 Å². The van der Waals surface area contributed by atoms with E-state index in [0.717, 1.165) is 0 Å². The summed E-state index contributed by atoms with van der Waals surface area (Å²) in [5.74, 6) is 1.79. The number of carbonyl (C=O) groups is 1. The number of nitrogens with one attached hydrogen (secondary N) is 2. The van der Waals surface area contributed by atoms with Crippen molar-refractivity contribution in [1.82, 2.24) is 15.3 Å². The fraction of sp³-hybridized carbons (Fsp3) is 0.500. The van der Waals surface area contributed by atoms with E-state index >= 15 is 0 Å². The number of anilines is 1. The van der Waals surface area contributed by atoms with Crippen LogP contribution >= 0.6 is 0 Å². The molecule has 0 unspecified atom stereocenters. The number of methoxy groups -OCH3 is 1. The number of carbonyl (C=O) groups excluding carboxylic acids is 1. The average Bonchev–Trinajstić information content (AvgIpc) is 2.28. The Morgan fingerprint density at radius 2 is 2.25 bits per heavy atom. The van der Waals surface area contributed by atoms with Crippen LogP contribution in [0, 0.1) is 6.92 Å². The Labute approximate surface area is 94.4 Å². The van der Waals surface area contributed by atoms with Crippen LogP contribution in [-0.2, 0) is 4.79 Å². The summed E-state index contributed by atoms with van der Waals surface area (Å²) in [5.41, 5.74) is 0. The Hall–Kier alpha value is -1.85. The molecule has 0 aromatic carbocycles. The van der Waals surface area contributed by atoms with Crippen LogP contribution in [0.2, 0.25) is 0 Å². The van der Waals surface area contributed by atoms with Gasteiger partial charge in [0.2, 0.25) is 11.8 Å². The van der Waals surface area contributed by atoms with E-state index in [0.29, 0.717) is 30.5 Å². The SMILES string of the molecule is CNC(=O)CCNc1cc(OC)nc(C)n1. The molecule has 1 aromatic rings. The molecule has 2 N–H and O–H groups in total. The zero-order chi connectivity index (χ0) is 12.0. The van der Waals surface area contributed by atoms with Gasteiger partial charge in [0.25, 0.3) is 0 Å². The lowest BCUT2D eigenvalue weighted by Gasteiger charge is -2.07. The molecule has 16 heavy (non-hydrogen) atoms. The molecular weight excluding hydrogens is 208 g/mol. The van der Waals surface area contributed by atoms with Gasteiger partial charge in [0.05, 0.1) is 7.11 Å². The first-order valence-corrected chi connectivity index (χ1v) is 5.00. The molecule has 0 aliphatic carbocycles. The molecule has 0 bridgehead atoms. The minimum absolute atomic E-state index is 0.00903. The van der Waals surface area contributed by atoms with Crippen LogP contribution in [0.3, 0.4) is 0 Å². The summed E-state index contributed by atoms with van der Waals surface area (Å²) in [7, 11) is 3.16. The van der Waals surface area contributed by atoms with Crippen molar-refractivity contribution < 1.29 is 9.53 Å². The van der Waals surface area contributed by atoms with Crippen LogP contribution < -0.4 is 15.4 Å². The van der Waals surface area contributed by atoms with Crippen LogP contribution in [0.4, 0.5) is 5.82 Å². The molecule has 1 amide bonds. The number of amides is 1. The fourth-order valence-electron chi connectivity index (χ4n) is 1.16. The molecule has 0 aliphatic rings. The number of nitrogens with zero attached hydrogens (tertiary/aromatic N) is 2. The first-order chi connectivity index (χ1) is 7.65. The first kappa shape index (κ1) is 12.2. The molecule has 1 rings (SSSR count). The van der Waals surface area contributed by atoms with Crippen molar-refractivity contribution in [2.45, 2.75) is 13.3 Å². The standard InChI is InChI=1S/C10H16N4O2/c1-7-13-8(6-10(14-7)16-3)12-5-4-9(15)11-2/h6H,4-5H2,1-3H3,(H,11,15)(H,12,13,14). The van der Waals surface area contributed by atoms with E-state index in [4.69, 9.17) is 4.74 Å². The minimum atomic E-state index is -0.00903. The number of rotatable bonds is 5. The quantitative estimate of drug-likeness (QED) is 0.754. The van der Waals surface area contributed by atoms with Crippen molar-refractivity contribution in [3.63, 3.8) is 0 Å². The average molecular weight is 224 g/mol. The molecule has 0 atom stereocenters. The molecule has 0 aliphatic heterocycles. The molecule has 0 spiro atoms. The summed E-state index contributed by atoms with van der Waals surface area (Å²) in [5, 5.41) is 5.58. The predicted octanol–water partition coefficient (Wildman–Crippen LogP) is 0.342. The van der Waals surface area contributed by atoms with E-state index in [1.807, 2.05) is 0 Å². The maximum Gasteiger partial charge on any atom is 0.221 e. The van der Waals surface area contributed by atoms with E-state index in [1.165, 1.54) is 0 Å². The van der Waals surface area contributed by atoms with Gasteiger partial charge in [0, 0.05) is 26.1 Å². The van der Waals surface area contributed by atoms with Crippen molar-refractivity contribution in [2.75, 3.05) is 26.0 Å². The molecular formula is C10H16N4O2. The normalized spacial score (nSPS) is 9.69. The van der Waals surface area contributed by atoms with Crippen LogP contribution in [0.5, 0.6) is 5.88 Å². The molecule has 0 fully saturated rings.